The Morgan fingerprint density at radius 2 is 1.94 bits per heavy atom. The molecule has 8 heteroatoms. The zero-order valence-corrected chi connectivity index (χ0v) is 11.3. The van der Waals surface area contributed by atoms with Crippen molar-refractivity contribution in [2.45, 2.75) is 19.3 Å². The number of hydrogen-bond acceptors (Lipinski definition) is 4. The summed E-state index contributed by atoms with van der Waals surface area (Å²) in [6, 6.07) is 0. The summed E-state index contributed by atoms with van der Waals surface area (Å²) < 4.78 is 26.6. The summed E-state index contributed by atoms with van der Waals surface area (Å²) in [4.78, 5) is 10.4. The first-order valence-corrected chi connectivity index (χ1v) is 7.31. The molecule has 0 radical (unpaired) electrons. The van der Waals surface area contributed by atoms with Gasteiger partial charge in [0, 0.05) is 33.3 Å². The van der Waals surface area contributed by atoms with Crippen LogP contribution in [-0.4, -0.2) is 66.5 Å². The average Bonchev–Trinajstić information content (AvgIpc) is 2.35. The third-order valence-electron chi connectivity index (χ3n) is 3.19. The lowest BCUT2D eigenvalue weighted by Crippen LogP contribution is -2.46. The number of aliphatic carboxylic acids is 1. The summed E-state index contributed by atoms with van der Waals surface area (Å²) in [6.45, 7) is 0.816. The Morgan fingerprint density at radius 3 is 2.39 bits per heavy atom. The number of carbonyl (C=O) groups is 1. The Labute approximate surface area is 107 Å². The Morgan fingerprint density at radius 1 is 1.39 bits per heavy atom. The highest BCUT2D eigenvalue weighted by molar-refractivity contribution is 7.86. The Balaban J connectivity index is 2.55. The second kappa shape index (κ2) is 6.46. The molecule has 0 aromatic rings. The average molecular weight is 280 g/mol. The smallest absolute Gasteiger partial charge is 0.304 e. The Bertz CT molecular complexity index is 376. The fourth-order valence-electron chi connectivity index (χ4n) is 1.89. The van der Waals surface area contributed by atoms with E-state index in [0.29, 0.717) is 25.9 Å². The molecule has 1 aliphatic heterocycles. The summed E-state index contributed by atoms with van der Waals surface area (Å²) in [7, 11) is -2.18. The van der Waals surface area contributed by atoms with Crippen molar-refractivity contribution in [2.24, 2.45) is 5.92 Å². The first-order valence-electron chi connectivity index (χ1n) is 5.92. The Hall–Kier alpha value is -0.700. The summed E-state index contributed by atoms with van der Waals surface area (Å²) >= 11 is 0. The fraction of sp³-hybridized carbons (Fsp3) is 0.900. The highest BCUT2D eigenvalue weighted by Gasteiger charge is 2.30. The first kappa shape index (κ1) is 15.4. The molecule has 0 amide bonds. The van der Waals surface area contributed by atoms with Crippen LogP contribution in [0.15, 0.2) is 0 Å². The molecule has 0 unspecified atom stereocenters. The maximum absolute atomic E-state index is 12.1. The monoisotopic (exact) mass is 280 g/mol. The largest absolute Gasteiger partial charge is 0.481 e. The van der Waals surface area contributed by atoms with Crippen molar-refractivity contribution in [3.8, 4) is 0 Å². The van der Waals surface area contributed by atoms with E-state index < -0.39 is 16.2 Å². The van der Waals surface area contributed by atoms with E-state index in [4.69, 9.17) is 10.2 Å². The Kier molecular flexibility index (Phi) is 5.51. The van der Waals surface area contributed by atoms with Gasteiger partial charge in [-0.2, -0.15) is 17.0 Å². The van der Waals surface area contributed by atoms with Crippen LogP contribution in [0.4, 0.5) is 0 Å². The van der Waals surface area contributed by atoms with E-state index in [0.717, 1.165) is 4.31 Å². The topological polar surface area (TPSA) is 98.2 Å². The molecule has 0 bridgehead atoms. The molecule has 1 heterocycles. The van der Waals surface area contributed by atoms with Crippen LogP contribution in [0.3, 0.4) is 0 Å². The standard InChI is InChI=1S/C10H20N2O5S/c1-11(5-4-10(14)15)18(16,17)12-6-2-9(8-13)3-7-12/h9,13H,2-8H2,1H3,(H,14,15). The molecule has 0 aromatic carbocycles. The van der Waals surface area contributed by atoms with Crippen molar-refractivity contribution in [1.29, 1.82) is 0 Å². The second-order valence-corrected chi connectivity index (χ2v) is 6.53. The van der Waals surface area contributed by atoms with Gasteiger partial charge in [-0.05, 0) is 18.8 Å². The summed E-state index contributed by atoms with van der Waals surface area (Å²) in [6.07, 6.45) is 1.08. The van der Waals surface area contributed by atoms with Crippen LogP contribution in [0.1, 0.15) is 19.3 Å². The molecular weight excluding hydrogens is 260 g/mol. The van der Waals surface area contributed by atoms with Crippen molar-refractivity contribution in [3.05, 3.63) is 0 Å². The third kappa shape index (κ3) is 3.91. The number of hydrogen-bond donors (Lipinski definition) is 2. The summed E-state index contributed by atoms with van der Waals surface area (Å²) in [5.74, 6) is -0.850. The predicted molar refractivity (Wildman–Crippen MR) is 65.2 cm³/mol. The van der Waals surface area contributed by atoms with Gasteiger partial charge in [-0.1, -0.05) is 0 Å². The molecule has 1 saturated heterocycles. The quantitative estimate of drug-likeness (QED) is 0.673. The lowest BCUT2D eigenvalue weighted by Gasteiger charge is -2.32. The van der Waals surface area contributed by atoms with E-state index in [-0.39, 0.29) is 25.5 Å². The van der Waals surface area contributed by atoms with Gasteiger partial charge < -0.3 is 10.2 Å². The number of carboxylic acids is 1. The van der Waals surface area contributed by atoms with Crippen LogP contribution >= 0.6 is 0 Å². The molecule has 18 heavy (non-hydrogen) atoms. The minimum Gasteiger partial charge on any atom is -0.481 e. The molecule has 0 spiro atoms. The van der Waals surface area contributed by atoms with Gasteiger partial charge in [0.25, 0.3) is 10.2 Å². The van der Waals surface area contributed by atoms with Gasteiger partial charge >= 0.3 is 5.97 Å². The highest BCUT2D eigenvalue weighted by atomic mass is 32.2. The van der Waals surface area contributed by atoms with E-state index in [1.165, 1.54) is 11.4 Å². The normalized spacial score (nSPS) is 19.3. The molecule has 0 aromatic heterocycles. The SMILES string of the molecule is CN(CCC(=O)O)S(=O)(=O)N1CCC(CO)CC1. The second-order valence-electron chi connectivity index (χ2n) is 4.50. The number of rotatable bonds is 6. The van der Waals surface area contributed by atoms with E-state index in [2.05, 4.69) is 0 Å². The summed E-state index contributed by atoms with van der Waals surface area (Å²) in [5, 5.41) is 17.5. The highest BCUT2D eigenvalue weighted by Crippen LogP contribution is 2.20. The van der Waals surface area contributed by atoms with Gasteiger partial charge in [-0.15, -0.1) is 0 Å². The molecule has 0 atom stereocenters. The van der Waals surface area contributed by atoms with E-state index in [1.54, 1.807) is 0 Å². The number of carboxylic acid groups (broad SMARTS) is 1. The van der Waals surface area contributed by atoms with Crippen LogP contribution in [0.25, 0.3) is 0 Å². The molecule has 1 fully saturated rings. The zero-order chi connectivity index (χ0) is 13.8. The van der Waals surface area contributed by atoms with Gasteiger partial charge in [0.2, 0.25) is 0 Å². The van der Waals surface area contributed by atoms with Crippen molar-refractivity contribution in [3.63, 3.8) is 0 Å². The van der Waals surface area contributed by atoms with Gasteiger partial charge in [0.1, 0.15) is 0 Å². The van der Waals surface area contributed by atoms with E-state index >= 15 is 0 Å². The molecule has 1 rings (SSSR count). The lowest BCUT2D eigenvalue weighted by molar-refractivity contribution is -0.137. The van der Waals surface area contributed by atoms with Crippen LogP contribution in [0.2, 0.25) is 0 Å². The molecule has 2 N–H and O–H groups in total. The zero-order valence-electron chi connectivity index (χ0n) is 10.4. The molecule has 106 valence electrons. The van der Waals surface area contributed by atoms with Gasteiger partial charge in [-0.3, -0.25) is 4.79 Å². The van der Waals surface area contributed by atoms with Crippen LogP contribution < -0.4 is 0 Å². The lowest BCUT2D eigenvalue weighted by atomic mass is 10.00. The molecule has 1 aliphatic rings. The van der Waals surface area contributed by atoms with Crippen molar-refractivity contribution >= 4 is 16.2 Å². The molecule has 0 aliphatic carbocycles. The molecule has 7 nitrogen and oxygen atoms in total. The van der Waals surface area contributed by atoms with E-state index in [9.17, 15) is 13.2 Å². The van der Waals surface area contributed by atoms with Crippen LogP contribution in [0, 0.1) is 5.92 Å². The number of piperidine rings is 1. The molecular formula is C10H20N2O5S. The van der Waals surface area contributed by atoms with Crippen molar-refractivity contribution < 1.29 is 23.4 Å². The fourth-order valence-corrected chi connectivity index (χ4v) is 3.28. The van der Waals surface area contributed by atoms with Gasteiger partial charge in [0.15, 0.2) is 0 Å². The minimum absolute atomic E-state index is 0.0302. The number of nitrogens with zero attached hydrogens (tertiary/aromatic N) is 2. The number of aliphatic hydroxyl groups is 1. The summed E-state index contributed by atoms with van der Waals surface area (Å²) in [5.41, 5.74) is 0. The van der Waals surface area contributed by atoms with Crippen molar-refractivity contribution in [1.82, 2.24) is 8.61 Å². The predicted octanol–water partition coefficient (Wildman–Crippen LogP) is -0.658. The first-order chi connectivity index (χ1) is 8.37. The minimum atomic E-state index is -3.57. The molecule has 0 saturated carbocycles. The van der Waals surface area contributed by atoms with Gasteiger partial charge in [0.05, 0.1) is 6.42 Å². The van der Waals surface area contributed by atoms with Crippen LogP contribution in [-0.2, 0) is 15.0 Å². The van der Waals surface area contributed by atoms with E-state index in [1.807, 2.05) is 0 Å². The third-order valence-corrected chi connectivity index (χ3v) is 5.18. The van der Waals surface area contributed by atoms with Crippen LogP contribution in [0.5, 0.6) is 0 Å². The maximum Gasteiger partial charge on any atom is 0.304 e. The number of aliphatic hydroxyl groups excluding tert-OH is 1. The maximum atomic E-state index is 12.1. The van der Waals surface area contributed by atoms with Gasteiger partial charge in [-0.25, -0.2) is 0 Å². The van der Waals surface area contributed by atoms with Crippen molar-refractivity contribution in [2.75, 3.05) is 33.3 Å².